The van der Waals surface area contributed by atoms with Crippen molar-refractivity contribution in [3.8, 4) is 0 Å². The summed E-state index contributed by atoms with van der Waals surface area (Å²) in [5.74, 6) is 4.22. The fourth-order valence-corrected chi connectivity index (χ4v) is 5.01. The van der Waals surface area contributed by atoms with Gasteiger partial charge in [-0.3, -0.25) is 0 Å². The molecular weight excluding hydrogens is 262 g/mol. The summed E-state index contributed by atoms with van der Waals surface area (Å²) in [6.07, 6.45) is 7.35. The molecular formula is C18H27NS. The lowest BCUT2D eigenvalue weighted by molar-refractivity contribution is 0.284. The van der Waals surface area contributed by atoms with Crippen molar-refractivity contribution in [1.82, 2.24) is 5.32 Å². The zero-order chi connectivity index (χ0) is 13.9. The maximum absolute atomic E-state index is 3.55. The molecule has 110 valence electrons. The molecule has 0 spiro atoms. The van der Waals surface area contributed by atoms with Crippen LogP contribution in [0.2, 0.25) is 0 Å². The largest absolute Gasteiger partial charge is 0.313 e. The first-order valence-electron chi connectivity index (χ1n) is 8.20. The molecule has 0 aliphatic heterocycles. The van der Waals surface area contributed by atoms with Crippen LogP contribution in [0.3, 0.4) is 0 Å². The highest BCUT2D eigenvalue weighted by Crippen LogP contribution is 2.50. The number of hydrogen-bond acceptors (Lipinski definition) is 2. The van der Waals surface area contributed by atoms with Crippen LogP contribution < -0.4 is 5.32 Å². The minimum absolute atomic E-state index is 0.542. The topological polar surface area (TPSA) is 12.0 Å². The van der Waals surface area contributed by atoms with Gasteiger partial charge < -0.3 is 5.32 Å². The van der Waals surface area contributed by atoms with Gasteiger partial charge in [-0.25, -0.2) is 0 Å². The normalized spacial score (nSPS) is 29.8. The quantitative estimate of drug-likeness (QED) is 0.749. The van der Waals surface area contributed by atoms with Crippen molar-refractivity contribution >= 4 is 11.8 Å². The zero-order valence-corrected chi connectivity index (χ0v) is 13.6. The van der Waals surface area contributed by atoms with E-state index < -0.39 is 0 Å². The average molecular weight is 289 g/mol. The Bertz CT molecular complexity index is 428. The summed E-state index contributed by atoms with van der Waals surface area (Å²) in [6, 6.07) is 9.77. The second kappa shape index (κ2) is 6.53. The number of nitrogens with one attached hydrogen (secondary N) is 1. The summed E-state index contributed by atoms with van der Waals surface area (Å²) < 4.78 is 0. The molecule has 1 aromatic carbocycles. The molecule has 0 radical (unpaired) electrons. The molecule has 2 aliphatic rings. The van der Waals surface area contributed by atoms with Crippen LogP contribution in [0.25, 0.3) is 0 Å². The predicted molar refractivity (Wildman–Crippen MR) is 88.2 cm³/mol. The van der Waals surface area contributed by atoms with Gasteiger partial charge in [0.05, 0.1) is 0 Å². The standard InChI is InChI=1S/C18H27NS/c1-3-20-17-8-6-14(7-9-17)18(19-2)12-16-11-13-4-5-15(16)10-13/h6-9,13,15-16,18-19H,3-5,10-12H2,1-2H3. The fraction of sp³-hybridized carbons (Fsp3) is 0.667. The van der Waals surface area contributed by atoms with Gasteiger partial charge in [0.2, 0.25) is 0 Å². The van der Waals surface area contributed by atoms with E-state index in [0.29, 0.717) is 6.04 Å². The van der Waals surface area contributed by atoms with E-state index in [4.69, 9.17) is 0 Å². The molecule has 0 saturated heterocycles. The predicted octanol–water partition coefficient (Wildman–Crippen LogP) is 4.89. The molecule has 2 saturated carbocycles. The molecule has 2 aliphatic carbocycles. The maximum atomic E-state index is 3.55. The van der Waals surface area contributed by atoms with Crippen molar-refractivity contribution in [3.05, 3.63) is 29.8 Å². The lowest BCUT2D eigenvalue weighted by Gasteiger charge is -2.27. The SMILES string of the molecule is CCSc1ccc(C(CC2CC3CCC2C3)NC)cc1. The van der Waals surface area contributed by atoms with Gasteiger partial charge in [0.1, 0.15) is 0 Å². The summed E-state index contributed by atoms with van der Waals surface area (Å²) in [7, 11) is 2.12. The molecule has 20 heavy (non-hydrogen) atoms. The first-order chi connectivity index (χ1) is 9.80. The highest BCUT2D eigenvalue weighted by molar-refractivity contribution is 7.99. The maximum Gasteiger partial charge on any atom is 0.0320 e. The molecule has 1 aromatic rings. The van der Waals surface area contributed by atoms with E-state index in [-0.39, 0.29) is 0 Å². The Hall–Kier alpha value is -0.470. The Morgan fingerprint density at radius 3 is 2.55 bits per heavy atom. The molecule has 0 aromatic heterocycles. The van der Waals surface area contributed by atoms with Gasteiger partial charge in [-0.15, -0.1) is 11.8 Å². The number of rotatable bonds is 6. The van der Waals surface area contributed by atoms with Crippen molar-refractivity contribution in [2.45, 2.75) is 50.0 Å². The molecule has 2 bridgehead atoms. The van der Waals surface area contributed by atoms with Crippen LogP contribution in [0.1, 0.15) is 50.6 Å². The third-order valence-electron chi connectivity index (χ3n) is 5.36. The number of hydrogen-bond donors (Lipinski definition) is 1. The number of fused-ring (bicyclic) bond motifs is 2. The minimum Gasteiger partial charge on any atom is -0.313 e. The minimum atomic E-state index is 0.542. The van der Waals surface area contributed by atoms with Crippen LogP contribution in [-0.4, -0.2) is 12.8 Å². The zero-order valence-electron chi connectivity index (χ0n) is 12.8. The average Bonchev–Trinajstić information content (AvgIpc) is 3.08. The molecule has 2 fully saturated rings. The third-order valence-corrected chi connectivity index (χ3v) is 6.26. The van der Waals surface area contributed by atoms with E-state index in [9.17, 15) is 0 Å². The van der Waals surface area contributed by atoms with Crippen molar-refractivity contribution in [3.63, 3.8) is 0 Å². The van der Waals surface area contributed by atoms with Crippen LogP contribution >= 0.6 is 11.8 Å². The van der Waals surface area contributed by atoms with E-state index in [0.717, 1.165) is 23.5 Å². The first-order valence-corrected chi connectivity index (χ1v) is 9.18. The van der Waals surface area contributed by atoms with Gasteiger partial charge >= 0.3 is 0 Å². The summed E-state index contributed by atoms with van der Waals surface area (Å²) in [4.78, 5) is 1.39. The third kappa shape index (κ3) is 3.07. The number of thioether (sulfide) groups is 1. The molecule has 4 unspecified atom stereocenters. The second-order valence-electron chi connectivity index (χ2n) is 6.51. The second-order valence-corrected chi connectivity index (χ2v) is 7.85. The van der Waals surface area contributed by atoms with Crippen molar-refractivity contribution < 1.29 is 0 Å². The lowest BCUT2D eigenvalue weighted by Crippen LogP contribution is -2.22. The number of benzene rings is 1. The monoisotopic (exact) mass is 289 g/mol. The van der Waals surface area contributed by atoms with Crippen molar-refractivity contribution in [2.75, 3.05) is 12.8 Å². The van der Waals surface area contributed by atoms with E-state index >= 15 is 0 Å². The summed E-state index contributed by atoms with van der Waals surface area (Å²) in [6.45, 7) is 2.21. The highest BCUT2D eigenvalue weighted by Gasteiger charge is 2.40. The Balaban J connectivity index is 1.63. The molecule has 1 N–H and O–H groups in total. The molecule has 3 rings (SSSR count). The highest BCUT2D eigenvalue weighted by atomic mass is 32.2. The van der Waals surface area contributed by atoms with Crippen molar-refractivity contribution in [1.29, 1.82) is 0 Å². The Labute approximate surface area is 127 Å². The molecule has 0 heterocycles. The Morgan fingerprint density at radius 2 is 2.00 bits per heavy atom. The Morgan fingerprint density at radius 1 is 1.20 bits per heavy atom. The van der Waals surface area contributed by atoms with Crippen LogP contribution in [0, 0.1) is 17.8 Å². The van der Waals surface area contributed by atoms with Crippen LogP contribution in [0.4, 0.5) is 0 Å². The van der Waals surface area contributed by atoms with E-state index in [1.54, 1.807) is 0 Å². The summed E-state index contributed by atoms with van der Waals surface area (Å²) >= 11 is 1.93. The smallest absolute Gasteiger partial charge is 0.0320 e. The van der Waals surface area contributed by atoms with Gasteiger partial charge in [-0.05, 0) is 73.9 Å². The van der Waals surface area contributed by atoms with Gasteiger partial charge in [0, 0.05) is 10.9 Å². The van der Waals surface area contributed by atoms with E-state index in [1.165, 1.54) is 42.6 Å². The summed E-state index contributed by atoms with van der Waals surface area (Å²) in [5, 5.41) is 3.55. The molecule has 1 nitrogen and oxygen atoms in total. The van der Waals surface area contributed by atoms with Crippen LogP contribution in [0.15, 0.2) is 29.2 Å². The summed E-state index contributed by atoms with van der Waals surface area (Å²) in [5.41, 5.74) is 1.47. The Kier molecular flexibility index (Phi) is 4.72. The van der Waals surface area contributed by atoms with Gasteiger partial charge in [0.15, 0.2) is 0 Å². The molecule has 2 heteroatoms. The van der Waals surface area contributed by atoms with Crippen LogP contribution in [0.5, 0.6) is 0 Å². The van der Waals surface area contributed by atoms with Crippen LogP contribution in [-0.2, 0) is 0 Å². The molecule has 4 atom stereocenters. The van der Waals surface area contributed by atoms with Crippen molar-refractivity contribution in [2.24, 2.45) is 17.8 Å². The lowest BCUT2D eigenvalue weighted by atomic mass is 9.83. The van der Waals surface area contributed by atoms with Gasteiger partial charge in [-0.2, -0.15) is 0 Å². The first kappa shape index (κ1) is 14.5. The fourth-order valence-electron chi connectivity index (χ4n) is 4.35. The van der Waals surface area contributed by atoms with E-state index in [1.807, 2.05) is 11.8 Å². The van der Waals surface area contributed by atoms with Gasteiger partial charge in [0.25, 0.3) is 0 Å². The van der Waals surface area contributed by atoms with E-state index in [2.05, 4.69) is 43.6 Å². The molecule has 0 amide bonds. The van der Waals surface area contributed by atoms with Gasteiger partial charge in [-0.1, -0.05) is 25.5 Å².